The molecule has 3 aromatic rings. The standard InChI is InChI=1S/C29H37N5O/c1-20-30-27-10-6-7-11-28(27)34(20)25-16-23-12-13-24(17-25)33(23)15-14-26(21-8-4-3-5-9-21)31-29(35)22-18-32(2)19-22/h3-11,22-26H,12-19H2,1-2H3,(H,31,35)/t23?,24?,25?,26-/m0/s1. The number of hydrogen-bond donors (Lipinski definition) is 1. The average Bonchev–Trinajstić information content (AvgIpc) is 3.30. The third-order valence-corrected chi connectivity index (χ3v) is 8.63. The Morgan fingerprint density at radius 1 is 1.00 bits per heavy atom. The summed E-state index contributed by atoms with van der Waals surface area (Å²) in [6.07, 6.45) is 5.90. The highest BCUT2D eigenvalue weighted by Crippen LogP contribution is 2.42. The number of piperidine rings is 1. The molecule has 4 heterocycles. The number of nitrogens with zero attached hydrogens (tertiary/aromatic N) is 4. The van der Waals surface area contributed by atoms with Gasteiger partial charge < -0.3 is 14.8 Å². The molecule has 2 aromatic carbocycles. The van der Waals surface area contributed by atoms with Gasteiger partial charge in [-0.05, 0) is 63.8 Å². The molecular weight excluding hydrogens is 434 g/mol. The van der Waals surface area contributed by atoms with Crippen LogP contribution in [0, 0.1) is 12.8 Å². The zero-order chi connectivity index (χ0) is 23.9. The maximum Gasteiger partial charge on any atom is 0.226 e. The molecule has 1 N–H and O–H groups in total. The molecule has 6 nitrogen and oxygen atoms in total. The Labute approximate surface area is 208 Å². The van der Waals surface area contributed by atoms with Crippen LogP contribution in [-0.2, 0) is 4.79 Å². The zero-order valence-electron chi connectivity index (χ0n) is 20.9. The molecule has 1 amide bonds. The van der Waals surface area contributed by atoms with Gasteiger partial charge in [-0.1, -0.05) is 42.5 Å². The van der Waals surface area contributed by atoms with Crippen molar-refractivity contribution in [3.8, 4) is 0 Å². The lowest BCUT2D eigenvalue weighted by Gasteiger charge is -2.41. The van der Waals surface area contributed by atoms with Crippen molar-refractivity contribution >= 4 is 16.9 Å². The number of para-hydroxylation sites is 2. The molecule has 3 aliphatic rings. The number of amides is 1. The number of likely N-dealkylation sites (tertiary alicyclic amines) is 1. The molecule has 0 saturated carbocycles. The summed E-state index contributed by atoms with van der Waals surface area (Å²) in [5.74, 6) is 1.48. The van der Waals surface area contributed by atoms with E-state index >= 15 is 0 Å². The summed E-state index contributed by atoms with van der Waals surface area (Å²) in [4.78, 5) is 22.7. The fraction of sp³-hybridized carbons (Fsp3) is 0.517. The van der Waals surface area contributed by atoms with Crippen molar-refractivity contribution in [2.45, 2.75) is 63.2 Å². The number of rotatable bonds is 7. The van der Waals surface area contributed by atoms with Crippen molar-refractivity contribution < 1.29 is 4.79 Å². The van der Waals surface area contributed by atoms with Crippen molar-refractivity contribution in [3.63, 3.8) is 0 Å². The first-order valence-electron chi connectivity index (χ1n) is 13.3. The molecule has 3 atom stereocenters. The van der Waals surface area contributed by atoms with Crippen molar-refractivity contribution in [1.29, 1.82) is 0 Å². The molecule has 35 heavy (non-hydrogen) atoms. The van der Waals surface area contributed by atoms with Gasteiger partial charge in [-0.3, -0.25) is 9.69 Å². The smallest absolute Gasteiger partial charge is 0.226 e. The van der Waals surface area contributed by atoms with E-state index in [1.165, 1.54) is 36.8 Å². The van der Waals surface area contributed by atoms with Gasteiger partial charge >= 0.3 is 0 Å². The lowest BCUT2D eigenvalue weighted by molar-refractivity contribution is -0.130. The molecule has 3 fully saturated rings. The normalized spacial score (nSPS) is 26.1. The van der Waals surface area contributed by atoms with E-state index < -0.39 is 0 Å². The molecular formula is C29H37N5O. The van der Waals surface area contributed by atoms with Gasteiger partial charge in [0.2, 0.25) is 5.91 Å². The van der Waals surface area contributed by atoms with Crippen LogP contribution in [0.25, 0.3) is 11.0 Å². The zero-order valence-corrected chi connectivity index (χ0v) is 20.9. The number of aromatic nitrogens is 2. The summed E-state index contributed by atoms with van der Waals surface area (Å²) < 4.78 is 2.50. The summed E-state index contributed by atoms with van der Waals surface area (Å²) in [6.45, 7) is 4.93. The van der Waals surface area contributed by atoms with Gasteiger partial charge in [0.05, 0.1) is 23.0 Å². The van der Waals surface area contributed by atoms with Crippen LogP contribution in [0.15, 0.2) is 54.6 Å². The van der Waals surface area contributed by atoms with Gasteiger partial charge in [0.15, 0.2) is 0 Å². The van der Waals surface area contributed by atoms with E-state index in [4.69, 9.17) is 4.98 Å². The van der Waals surface area contributed by atoms with Crippen LogP contribution in [0.1, 0.15) is 55.6 Å². The summed E-state index contributed by atoms with van der Waals surface area (Å²) in [5, 5.41) is 3.40. The van der Waals surface area contributed by atoms with Crippen LogP contribution in [0.2, 0.25) is 0 Å². The van der Waals surface area contributed by atoms with Crippen LogP contribution < -0.4 is 5.32 Å². The minimum atomic E-state index is 0.0755. The van der Waals surface area contributed by atoms with Crippen LogP contribution in [-0.4, -0.2) is 64.0 Å². The summed E-state index contributed by atoms with van der Waals surface area (Å²) in [7, 11) is 2.08. The fourth-order valence-corrected chi connectivity index (χ4v) is 6.89. The first kappa shape index (κ1) is 22.7. The van der Waals surface area contributed by atoms with Crippen LogP contribution in [0.5, 0.6) is 0 Å². The number of benzene rings is 2. The van der Waals surface area contributed by atoms with E-state index in [9.17, 15) is 4.79 Å². The van der Waals surface area contributed by atoms with Gasteiger partial charge in [0.1, 0.15) is 5.82 Å². The first-order valence-corrected chi connectivity index (χ1v) is 13.3. The third-order valence-electron chi connectivity index (χ3n) is 8.63. The second-order valence-electron chi connectivity index (χ2n) is 10.9. The molecule has 2 unspecified atom stereocenters. The molecule has 6 heteroatoms. The Morgan fingerprint density at radius 2 is 1.69 bits per heavy atom. The van der Waals surface area contributed by atoms with Crippen molar-refractivity contribution in [3.05, 3.63) is 66.0 Å². The van der Waals surface area contributed by atoms with Gasteiger partial charge in [0.25, 0.3) is 0 Å². The third kappa shape index (κ3) is 4.38. The van der Waals surface area contributed by atoms with Crippen molar-refractivity contribution in [2.24, 2.45) is 5.92 Å². The predicted molar refractivity (Wildman–Crippen MR) is 139 cm³/mol. The van der Waals surface area contributed by atoms with E-state index in [2.05, 4.69) is 88.3 Å². The van der Waals surface area contributed by atoms with Crippen LogP contribution in [0.3, 0.4) is 0 Å². The largest absolute Gasteiger partial charge is 0.349 e. The number of imidazole rings is 1. The topological polar surface area (TPSA) is 53.4 Å². The highest BCUT2D eigenvalue weighted by Gasteiger charge is 2.42. The van der Waals surface area contributed by atoms with E-state index in [1.807, 2.05) is 0 Å². The number of carbonyl (C=O) groups is 1. The Balaban J connectivity index is 1.14. The van der Waals surface area contributed by atoms with E-state index in [1.54, 1.807) is 0 Å². The Morgan fingerprint density at radius 3 is 2.40 bits per heavy atom. The second kappa shape index (κ2) is 9.40. The molecule has 3 saturated heterocycles. The van der Waals surface area contributed by atoms with Gasteiger partial charge in [-0.15, -0.1) is 0 Å². The van der Waals surface area contributed by atoms with Crippen LogP contribution >= 0.6 is 0 Å². The molecule has 1 aromatic heterocycles. The highest BCUT2D eigenvalue weighted by molar-refractivity contribution is 5.80. The van der Waals surface area contributed by atoms with Gasteiger partial charge in [0, 0.05) is 37.8 Å². The summed E-state index contributed by atoms with van der Waals surface area (Å²) >= 11 is 0. The number of carbonyl (C=O) groups excluding carboxylic acids is 1. The lowest BCUT2D eigenvalue weighted by Crippen LogP contribution is -2.52. The number of hydrogen-bond acceptors (Lipinski definition) is 4. The number of fused-ring (bicyclic) bond motifs is 3. The maximum atomic E-state index is 12.9. The van der Waals surface area contributed by atoms with Crippen molar-refractivity contribution in [1.82, 2.24) is 24.7 Å². The highest BCUT2D eigenvalue weighted by atomic mass is 16.2. The molecule has 0 spiro atoms. The van der Waals surface area contributed by atoms with E-state index in [-0.39, 0.29) is 17.9 Å². The second-order valence-corrected chi connectivity index (χ2v) is 10.9. The van der Waals surface area contributed by atoms with Crippen LogP contribution in [0.4, 0.5) is 0 Å². The van der Waals surface area contributed by atoms with Gasteiger partial charge in [-0.2, -0.15) is 0 Å². The average molecular weight is 472 g/mol. The Kier molecular flexibility index (Phi) is 6.11. The summed E-state index contributed by atoms with van der Waals surface area (Å²) in [5.41, 5.74) is 3.60. The molecule has 6 rings (SSSR count). The molecule has 2 bridgehead atoms. The molecule has 184 valence electrons. The Bertz CT molecular complexity index is 1170. The summed E-state index contributed by atoms with van der Waals surface area (Å²) in [6, 6.07) is 20.9. The quantitative estimate of drug-likeness (QED) is 0.558. The maximum absolute atomic E-state index is 12.9. The predicted octanol–water partition coefficient (Wildman–Crippen LogP) is 4.32. The number of nitrogens with one attached hydrogen (secondary N) is 1. The Hall–Kier alpha value is -2.70. The molecule has 0 radical (unpaired) electrons. The number of aryl methyl sites for hydroxylation is 1. The minimum Gasteiger partial charge on any atom is -0.349 e. The fourth-order valence-electron chi connectivity index (χ4n) is 6.89. The monoisotopic (exact) mass is 471 g/mol. The lowest BCUT2D eigenvalue weighted by atomic mass is 9.94. The molecule has 3 aliphatic heterocycles. The van der Waals surface area contributed by atoms with Gasteiger partial charge in [-0.25, -0.2) is 4.98 Å². The van der Waals surface area contributed by atoms with Crippen molar-refractivity contribution in [2.75, 3.05) is 26.7 Å². The minimum absolute atomic E-state index is 0.0755. The molecule has 0 aliphatic carbocycles. The van der Waals surface area contributed by atoms with E-state index in [0.717, 1.165) is 37.4 Å². The van der Waals surface area contributed by atoms with E-state index in [0.29, 0.717) is 18.1 Å². The SMILES string of the molecule is Cc1nc2ccccc2n1C1CC2CCC(C1)N2CC[C@H](NC(=O)C1CN(C)C1)c1ccccc1. The first-order chi connectivity index (χ1) is 17.1.